The summed E-state index contributed by atoms with van der Waals surface area (Å²) >= 11 is 3.39. The zero-order valence-corrected chi connectivity index (χ0v) is 12.3. The number of halogens is 1. The van der Waals surface area contributed by atoms with Crippen molar-refractivity contribution in [1.82, 2.24) is 0 Å². The molecule has 0 aliphatic carbocycles. The van der Waals surface area contributed by atoms with Crippen molar-refractivity contribution in [2.75, 3.05) is 5.32 Å². The highest BCUT2D eigenvalue weighted by Gasteiger charge is 2.10. The van der Waals surface area contributed by atoms with Gasteiger partial charge in [0.15, 0.2) is 0 Å². The van der Waals surface area contributed by atoms with Gasteiger partial charge in [-0.3, -0.25) is 4.79 Å². The number of anilines is 1. The molecule has 0 aromatic heterocycles. The molecular weight excluding hydrogens is 322 g/mol. The summed E-state index contributed by atoms with van der Waals surface area (Å²) in [4.78, 5) is 22.9. The van der Waals surface area contributed by atoms with Gasteiger partial charge in [-0.15, -0.1) is 0 Å². The molecule has 0 radical (unpaired) electrons. The molecule has 0 heterocycles. The van der Waals surface area contributed by atoms with Crippen LogP contribution in [0.15, 0.2) is 46.9 Å². The predicted molar refractivity (Wildman–Crippen MR) is 80.2 cm³/mol. The van der Waals surface area contributed by atoms with Crippen molar-refractivity contribution >= 4 is 33.5 Å². The Balaban J connectivity index is 2.21. The highest BCUT2D eigenvalue weighted by molar-refractivity contribution is 9.10. The monoisotopic (exact) mass is 333 g/mol. The first-order valence-corrected chi connectivity index (χ1v) is 6.67. The number of nitrogens with one attached hydrogen (secondary N) is 1. The van der Waals surface area contributed by atoms with Gasteiger partial charge in [0, 0.05) is 15.7 Å². The smallest absolute Gasteiger partial charge is 0.335 e. The third kappa shape index (κ3) is 3.24. The number of hydrogen-bond donors (Lipinski definition) is 2. The summed E-state index contributed by atoms with van der Waals surface area (Å²) in [6, 6.07) is 11.4. The Kier molecular flexibility index (Phi) is 4.20. The molecule has 2 aromatic rings. The zero-order valence-electron chi connectivity index (χ0n) is 10.7. The van der Waals surface area contributed by atoms with Crippen molar-refractivity contribution in [1.29, 1.82) is 0 Å². The van der Waals surface area contributed by atoms with E-state index in [0.29, 0.717) is 11.3 Å². The van der Waals surface area contributed by atoms with E-state index in [9.17, 15) is 9.59 Å². The van der Waals surface area contributed by atoms with E-state index in [0.717, 1.165) is 10.0 Å². The van der Waals surface area contributed by atoms with E-state index in [1.165, 1.54) is 12.1 Å². The second-order valence-electron chi connectivity index (χ2n) is 4.30. The number of aryl methyl sites for hydroxylation is 1. The van der Waals surface area contributed by atoms with Gasteiger partial charge in [0.1, 0.15) is 0 Å². The molecule has 0 saturated heterocycles. The van der Waals surface area contributed by atoms with Crippen molar-refractivity contribution < 1.29 is 14.7 Å². The molecule has 0 aliphatic heterocycles. The lowest BCUT2D eigenvalue weighted by atomic mass is 10.1. The highest BCUT2D eigenvalue weighted by Crippen LogP contribution is 2.20. The van der Waals surface area contributed by atoms with Crippen LogP contribution in [0.2, 0.25) is 0 Å². The fraction of sp³-hybridized carbons (Fsp3) is 0.0667. The van der Waals surface area contributed by atoms with Crippen LogP contribution < -0.4 is 5.32 Å². The van der Waals surface area contributed by atoms with Crippen molar-refractivity contribution in [2.45, 2.75) is 6.92 Å². The van der Waals surface area contributed by atoms with Crippen LogP contribution in [0.4, 0.5) is 5.69 Å². The molecule has 5 heteroatoms. The Bertz CT molecular complexity index is 683. The molecule has 0 fully saturated rings. The standard InChI is InChI=1S/C15H12BrNO3/c1-9-7-12(5-6-13(9)16)17-14(18)10-3-2-4-11(8-10)15(19)20/h2-8H,1H3,(H,17,18)(H,19,20). The van der Waals surface area contributed by atoms with E-state index in [4.69, 9.17) is 5.11 Å². The minimum Gasteiger partial charge on any atom is -0.478 e. The largest absolute Gasteiger partial charge is 0.478 e. The van der Waals surface area contributed by atoms with E-state index < -0.39 is 5.97 Å². The quantitative estimate of drug-likeness (QED) is 0.899. The summed E-state index contributed by atoms with van der Waals surface area (Å²) in [6.45, 7) is 1.92. The van der Waals surface area contributed by atoms with Crippen molar-refractivity contribution in [2.24, 2.45) is 0 Å². The third-order valence-electron chi connectivity index (χ3n) is 2.79. The van der Waals surface area contributed by atoms with Crippen molar-refractivity contribution in [3.8, 4) is 0 Å². The lowest BCUT2D eigenvalue weighted by molar-refractivity contribution is 0.0697. The normalized spacial score (nSPS) is 10.1. The molecule has 1 amide bonds. The second-order valence-corrected chi connectivity index (χ2v) is 5.16. The summed E-state index contributed by atoms with van der Waals surface area (Å²) in [5.74, 6) is -1.39. The van der Waals surface area contributed by atoms with E-state index >= 15 is 0 Å². The molecule has 0 atom stereocenters. The molecule has 4 nitrogen and oxygen atoms in total. The highest BCUT2D eigenvalue weighted by atomic mass is 79.9. The van der Waals surface area contributed by atoms with Crippen LogP contribution in [-0.4, -0.2) is 17.0 Å². The molecule has 0 bridgehead atoms. The molecule has 20 heavy (non-hydrogen) atoms. The van der Waals surface area contributed by atoms with Crippen LogP contribution in [-0.2, 0) is 0 Å². The van der Waals surface area contributed by atoms with Gasteiger partial charge >= 0.3 is 5.97 Å². The number of aromatic carboxylic acids is 1. The van der Waals surface area contributed by atoms with Crippen molar-refractivity contribution in [3.63, 3.8) is 0 Å². The van der Waals surface area contributed by atoms with Gasteiger partial charge in [0.25, 0.3) is 5.91 Å². The number of carbonyl (C=O) groups is 2. The fourth-order valence-electron chi connectivity index (χ4n) is 1.72. The van der Waals surface area contributed by atoms with Gasteiger partial charge in [0.2, 0.25) is 0 Å². The SMILES string of the molecule is Cc1cc(NC(=O)c2cccc(C(=O)O)c2)ccc1Br. The van der Waals surface area contributed by atoms with Gasteiger partial charge in [-0.05, 0) is 48.9 Å². The Morgan fingerprint density at radius 2 is 1.80 bits per heavy atom. The number of carboxylic acid groups (broad SMARTS) is 1. The minimum atomic E-state index is -1.06. The van der Waals surface area contributed by atoms with Crippen molar-refractivity contribution in [3.05, 3.63) is 63.6 Å². The zero-order chi connectivity index (χ0) is 14.7. The third-order valence-corrected chi connectivity index (χ3v) is 3.68. The minimum absolute atomic E-state index is 0.0876. The number of hydrogen-bond acceptors (Lipinski definition) is 2. The topological polar surface area (TPSA) is 66.4 Å². The first-order valence-electron chi connectivity index (χ1n) is 5.88. The van der Waals surface area contributed by atoms with E-state index in [2.05, 4.69) is 21.2 Å². The summed E-state index contributed by atoms with van der Waals surface area (Å²) in [7, 11) is 0. The number of benzene rings is 2. The second kappa shape index (κ2) is 5.88. The lowest BCUT2D eigenvalue weighted by Crippen LogP contribution is -2.12. The van der Waals surface area contributed by atoms with Gasteiger partial charge in [-0.1, -0.05) is 22.0 Å². The summed E-state index contributed by atoms with van der Waals surface area (Å²) in [5, 5.41) is 11.7. The molecule has 2 N–H and O–H groups in total. The molecule has 2 rings (SSSR count). The van der Waals surface area contributed by atoms with E-state index in [-0.39, 0.29) is 11.5 Å². The Morgan fingerprint density at radius 1 is 1.10 bits per heavy atom. The molecule has 102 valence electrons. The van der Waals surface area contributed by atoms with Gasteiger partial charge in [-0.25, -0.2) is 4.79 Å². The number of carboxylic acids is 1. The van der Waals surface area contributed by atoms with Gasteiger partial charge in [0.05, 0.1) is 5.56 Å². The maximum Gasteiger partial charge on any atom is 0.335 e. The summed E-state index contributed by atoms with van der Waals surface area (Å²) in [6.07, 6.45) is 0. The molecule has 0 saturated carbocycles. The average molecular weight is 334 g/mol. The van der Waals surface area contributed by atoms with E-state index in [1.54, 1.807) is 18.2 Å². The number of rotatable bonds is 3. The maximum atomic E-state index is 12.1. The molecule has 0 aliphatic rings. The Hall–Kier alpha value is -2.14. The fourth-order valence-corrected chi connectivity index (χ4v) is 1.97. The van der Waals surface area contributed by atoms with E-state index in [1.807, 2.05) is 19.1 Å². The number of amides is 1. The Morgan fingerprint density at radius 3 is 2.45 bits per heavy atom. The van der Waals surface area contributed by atoms with Crippen LogP contribution in [0, 0.1) is 6.92 Å². The average Bonchev–Trinajstić information content (AvgIpc) is 2.43. The van der Waals surface area contributed by atoms with Crippen LogP contribution in [0.1, 0.15) is 26.3 Å². The summed E-state index contributed by atoms with van der Waals surface area (Å²) < 4.78 is 0.961. The Labute approximate surface area is 124 Å². The van der Waals surface area contributed by atoms with Crippen LogP contribution in [0.5, 0.6) is 0 Å². The van der Waals surface area contributed by atoms with Crippen LogP contribution in [0.3, 0.4) is 0 Å². The van der Waals surface area contributed by atoms with Crippen LogP contribution >= 0.6 is 15.9 Å². The molecule has 0 unspecified atom stereocenters. The van der Waals surface area contributed by atoms with Gasteiger partial charge < -0.3 is 10.4 Å². The molecular formula is C15H12BrNO3. The first-order chi connectivity index (χ1) is 9.47. The van der Waals surface area contributed by atoms with Crippen LogP contribution in [0.25, 0.3) is 0 Å². The first kappa shape index (κ1) is 14.3. The predicted octanol–water partition coefficient (Wildman–Crippen LogP) is 3.71. The summed E-state index contributed by atoms with van der Waals surface area (Å²) in [5.41, 5.74) is 2.06. The molecule has 0 spiro atoms. The van der Waals surface area contributed by atoms with Gasteiger partial charge in [-0.2, -0.15) is 0 Å². The maximum absolute atomic E-state index is 12.1. The number of carbonyl (C=O) groups excluding carboxylic acids is 1. The molecule has 2 aromatic carbocycles. The lowest BCUT2D eigenvalue weighted by Gasteiger charge is -2.07.